The third-order valence-electron chi connectivity index (χ3n) is 3.44. The van der Waals surface area contributed by atoms with Crippen molar-refractivity contribution < 1.29 is 4.79 Å². The average molecular weight is 268 g/mol. The Morgan fingerprint density at radius 1 is 1.15 bits per heavy atom. The van der Waals surface area contributed by atoms with Crippen molar-refractivity contribution >= 4 is 11.6 Å². The zero-order valence-corrected chi connectivity index (χ0v) is 11.9. The van der Waals surface area contributed by atoms with Crippen molar-refractivity contribution in [2.75, 3.05) is 5.32 Å². The lowest BCUT2D eigenvalue weighted by Gasteiger charge is -2.24. The van der Waals surface area contributed by atoms with Crippen LogP contribution in [0.4, 0.5) is 5.69 Å². The lowest BCUT2D eigenvalue weighted by atomic mass is 9.92. The molecular formula is C17H20N2O. The summed E-state index contributed by atoms with van der Waals surface area (Å²) in [6.45, 7) is 3.80. The maximum absolute atomic E-state index is 12.4. The van der Waals surface area contributed by atoms with E-state index in [1.54, 1.807) is 6.92 Å². The first kappa shape index (κ1) is 14.3. The quantitative estimate of drug-likeness (QED) is 0.895. The van der Waals surface area contributed by atoms with Crippen LogP contribution in [-0.2, 0) is 16.8 Å². The van der Waals surface area contributed by atoms with E-state index >= 15 is 0 Å². The second-order valence-corrected chi connectivity index (χ2v) is 5.08. The number of hydrogen-bond donors (Lipinski definition) is 2. The highest BCUT2D eigenvalue weighted by atomic mass is 16.2. The van der Waals surface area contributed by atoms with E-state index < -0.39 is 5.54 Å². The molecule has 0 aliphatic carbocycles. The first-order chi connectivity index (χ1) is 9.54. The van der Waals surface area contributed by atoms with Crippen LogP contribution in [0.1, 0.15) is 25.0 Å². The SMILES string of the molecule is CCc1cccc(NC(=O)C(C)(N)c2ccccc2)c1. The Kier molecular flexibility index (Phi) is 4.20. The molecule has 0 radical (unpaired) electrons. The van der Waals surface area contributed by atoms with E-state index in [4.69, 9.17) is 5.73 Å². The molecule has 0 aromatic heterocycles. The molecule has 0 aliphatic rings. The van der Waals surface area contributed by atoms with Crippen LogP contribution >= 0.6 is 0 Å². The van der Waals surface area contributed by atoms with Crippen molar-refractivity contribution in [3.8, 4) is 0 Å². The van der Waals surface area contributed by atoms with Crippen molar-refractivity contribution in [1.29, 1.82) is 0 Å². The van der Waals surface area contributed by atoms with Gasteiger partial charge in [0.25, 0.3) is 0 Å². The highest BCUT2D eigenvalue weighted by Gasteiger charge is 2.30. The lowest BCUT2D eigenvalue weighted by Crippen LogP contribution is -2.45. The van der Waals surface area contributed by atoms with Crippen LogP contribution in [0.5, 0.6) is 0 Å². The van der Waals surface area contributed by atoms with Gasteiger partial charge in [0.1, 0.15) is 5.54 Å². The molecule has 0 saturated carbocycles. The van der Waals surface area contributed by atoms with E-state index in [1.807, 2.05) is 54.6 Å². The highest BCUT2D eigenvalue weighted by Crippen LogP contribution is 2.20. The fourth-order valence-corrected chi connectivity index (χ4v) is 2.05. The summed E-state index contributed by atoms with van der Waals surface area (Å²) >= 11 is 0. The van der Waals surface area contributed by atoms with Gasteiger partial charge in [0.2, 0.25) is 5.91 Å². The number of aryl methyl sites for hydroxylation is 1. The van der Waals surface area contributed by atoms with Gasteiger partial charge in [-0.05, 0) is 36.6 Å². The summed E-state index contributed by atoms with van der Waals surface area (Å²) < 4.78 is 0. The van der Waals surface area contributed by atoms with Crippen LogP contribution in [-0.4, -0.2) is 5.91 Å². The molecule has 0 spiro atoms. The number of benzene rings is 2. The smallest absolute Gasteiger partial charge is 0.248 e. The number of carbonyl (C=O) groups excluding carboxylic acids is 1. The minimum Gasteiger partial charge on any atom is -0.324 e. The third-order valence-corrected chi connectivity index (χ3v) is 3.44. The first-order valence-corrected chi connectivity index (χ1v) is 6.79. The predicted molar refractivity (Wildman–Crippen MR) is 82.4 cm³/mol. The molecular weight excluding hydrogens is 248 g/mol. The largest absolute Gasteiger partial charge is 0.324 e. The van der Waals surface area contributed by atoms with Crippen molar-refractivity contribution in [2.24, 2.45) is 5.73 Å². The molecule has 20 heavy (non-hydrogen) atoms. The van der Waals surface area contributed by atoms with Gasteiger partial charge in [-0.3, -0.25) is 4.79 Å². The predicted octanol–water partition coefficient (Wildman–Crippen LogP) is 3.06. The number of amides is 1. The Bertz CT molecular complexity index is 591. The zero-order chi connectivity index (χ0) is 14.6. The molecule has 2 aromatic carbocycles. The number of nitrogens with two attached hydrogens (primary N) is 1. The Labute approximate surface area is 119 Å². The summed E-state index contributed by atoms with van der Waals surface area (Å²) in [6, 6.07) is 17.2. The number of nitrogens with one attached hydrogen (secondary N) is 1. The van der Waals surface area contributed by atoms with E-state index in [-0.39, 0.29) is 5.91 Å². The van der Waals surface area contributed by atoms with Crippen molar-refractivity contribution in [1.82, 2.24) is 0 Å². The van der Waals surface area contributed by atoms with E-state index in [0.717, 1.165) is 17.7 Å². The van der Waals surface area contributed by atoms with E-state index in [1.165, 1.54) is 5.56 Å². The van der Waals surface area contributed by atoms with Crippen LogP contribution < -0.4 is 11.1 Å². The zero-order valence-electron chi connectivity index (χ0n) is 11.9. The minimum atomic E-state index is -1.05. The third kappa shape index (κ3) is 3.06. The van der Waals surface area contributed by atoms with Gasteiger partial charge in [0, 0.05) is 5.69 Å². The fraction of sp³-hybridized carbons (Fsp3) is 0.235. The molecule has 3 heteroatoms. The van der Waals surface area contributed by atoms with Crippen LogP contribution in [0.25, 0.3) is 0 Å². The van der Waals surface area contributed by atoms with Crippen molar-refractivity contribution in [3.63, 3.8) is 0 Å². The Hall–Kier alpha value is -2.13. The molecule has 0 aliphatic heterocycles. The van der Waals surface area contributed by atoms with Gasteiger partial charge in [-0.25, -0.2) is 0 Å². The van der Waals surface area contributed by atoms with Crippen LogP contribution in [0, 0.1) is 0 Å². The van der Waals surface area contributed by atoms with E-state index in [0.29, 0.717) is 0 Å². The molecule has 104 valence electrons. The maximum Gasteiger partial charge on any atom is 0.248 e. The molecule has 1 atom stereocenters. The highest BCUT2D eigenvalue weighted by molar-refractivity contribution is 5.98. The van der Waals surface area contributed by atoms with Crippen LogP contribution in [0.3, 0.4) is 0 Å². The second kappa shape index (κ2) is 5.88. The summed E-state index contributed by atoms with van der Waals surface area (Å²) in [6.07, 6.45) is 0.933. The van der Waals surface area contributed by atoms with Gasteiger partial charge in [-0.1, -0.05) is 49.4 Å². The summed E-state index contributed by atoms with van der Waals surface area (Å²) in [7, 11) is 0. The molecule has 0 saturated heterocycles. The van der Waals surface area contributed by atoms with Gasteiger partial charge < -0.3 is 11.1 Å². The van der Waals surface area contributed by atoms with Gasteiger partial charge >= 0.3 is 0 Å². The van der Waals surface area contributed by atoms with Crippen LogP contribution in [0.2, 0.25) is 0 Å². The first-order valence-electron chi connectivity index (χ1n) is 6.79. The number of hydrogen-bond acceptors (Lipinski definition) is 2. The van der Waals surface area contributed by atoms with Gasteiger partial charge in [0.15, 0.2) is 0 Å². The van der Waals surface area contributed by atoms with Gasteiger partial charge in [-0.2, -0.15) is 0 Å². The van der Waals surface area contributed by atoms with Crippen molar-refractivity contribution in [2.45, 2.75) is 25.8 Å². The maximum atomic E-state index is 12.4. The summed E-state index contributed by atoms with van der Waals surface area (Å²) in [5.41, 5.74) is 7.89. The number of anilines is 1. The molecule has 0 bridgehead atoms. The molecule has 1 unspecified atom stereocenters. The molecule has 2 rings (SSSR count). The molecule has 0 heterocycles. The van der Waals surface area contributed by atoms with Gasteiger partial charge in [-0.15, -0.1) is 0 Å². The molecule has 3 nitrogen and oxygen atoms in total. The lowest BCUT2D eigenvalue weighted by molar-refractivity contribution is -0.120. The average Bonchev–Trinajstić information content (AvgIpc) is 2.48. The summed E-state index contributed by atoms with van der Waals surface area (Å²) in [5.74, 6) is -0.211. The molecule has 0 fully saturated rings. The second-order valence-electron chi connectivity index (χ2n) is 5.08. The Balaban J connectivity index is 2.19. The van der Waals surface area contributed by atoms with Crippen molar-refractivity contribution in [3.05, 3.63) is 65.7 Å². The number of rotatable bonds is 4. The standard InChI is InChI=1S/C17H20N2O/c1-3-13-8-7-11-15(12-13)19-16(20)17(2,18)14-9-5-4-6-10-14/h4-12H,3,18H2,1-2H3,(H,19,20). The summed E-state index contributed by atoms with van der Waals surface area (Å²) in [4.78, 5) is 12.4. The Morgan fingerprint density at radius 3 is 2.50 bits per heavy atom. The van der Waals surface area contributed by atoms with E-state index in [2.05, 4.69) is 12.2 Å². The minimum absolute atomic E-state index is 0.211. The Morgan fingerprint density at radius 2 is 1.85 bits per heavy atom. The van der Waals surface area contributed by atoms with Gasteiger partial charge in [0.05, 0.1) is 0 Å². The number of carbonyl (C=O) groups is 1. The monoisotopic (exact) mass is 268 g/mol. The summed E-state index contributed by atoms with van der Waals surface area (Å²) in [5, 5.41) is 2.89. The molecule has 1 amide bonds. The van der Waals surface area contributed by atoms with E-state index in [9.17, 15) is 4.79 Å². The molecule has 3 N–H and O–H groups in total. The topological polar surface area (TPSA) is 55.1 Å². The normalized spacial score (nSPS) is 13.6. The molecule has 2 aromatic rings. The fourth-order valence-electron chi connectivity index (χ4n) is 2.05. The van der Waals surface area contributed by atoms with Crippen LogP contribution in [0.15, 0.2) is 54.6 Å².